The number of carbonyl (C=O) groups is 1. The van der Waals surface area contributed by atoms with E-state index in [0.717, 1.165) is 67.2 Å². The summed E-state index contributed by atoms with van der Waals surface area (Å²) in [5.41, 5.74) is -0.0148. The van der Waals surface area contributed by atoms with Crippen LogP contribution in [0.5, 0.6) is 0 Å². The Morgan fingerprint density at radius 1 is 0.913 bits per heavy atom. The van der Waals surface area contributed by atoms with Crippen LogP contribution in [0.15, 0.2) is 11.8 Å². The molecule has 0 saturated heterocycles. The van der Waals surface area contributed by atoms with Crippen LogP contribution in [0.25, 0.3) is 0 Å². The zero-order valence-electron chi connectivity index (χ0n) is 13.9. The predicted octanol–water partition coefficient (Wildman–Crippen LogP) is 4.67. The van der Waals surface area contributed by atoms with Crippen molar-refractivity contribution in [2.45, 2.75) is 70.6 Å². The quantitative estimate of drug-likeness (QED) is 0.591. The normalized spacial score (nSPS) is 39.6. The molecular weight excluding hydrogens is 327 g/mol. The van der Waals surface area contributed by atoms with Crippen LogP contribution in [0.2, 0.25) is 0 Å². The Hall–Kier alpha value is -0.406. The van der Waals surface area contributed by atoms with Gasteiger partial charge in [-0.25, -0.2) is 0 Å². The first-order valence-electron chi connectivity index (χ1n) is 9.28. The maximum absolute atomic E-state index is 12.5. The molecule has 0 aliphatic heterocycles. The second-order valence-electron chi connectivity index (χ2n) is 8.46. The van der Waals surface area contributed by atoms with Gasteiger partial charge in [0, 0.05) is 17.4 Å². The number of hydrogen-bond donors (Lipinski definition) is 1. The molecule has 0 aromatic carbocycles. The zero-order valence-corrected chi connectivity index (χ0v) is 15.3. The van der Waals surface area contributed by atoms with E-state index in [4.69, 9.17) is 3.67 Å². The average molecular weight is 355 g/mol. The van der Waals surface area contributed by atoms with Gasteiger partial charge in [-0.2, -0.15) is 0 Å². The number of aliphatic hydroxyl groups excluding tert-OH is 1. The summed E-state index contributed by atoms with van der Waals surface area (Å²) in [5.74, 6) is 3.31. The van der Waals surface area contributed by atoms with Crippen molar-refractivity contribution in [2.24, 2.45) is 29.1 Å². The summed E-state index contributed by atoms with van der Waals surface area (Å²) in [6, 6.07) is 0. The first-order chi connectivity index (χ1) is 11.1. The molecule has 5 aliphatic rings. The van der Waals surface area contributed by atoms with E-state index in [9.17, 15) is 9.90 Å². The molecule has 0 aromatic rings. The summed E-state index contributed by atoms with van der Waals surface area (Å²) in [4.78, 5) is 12.5. The van der Waals surface area contributed by atoms with Gasteiger partial charge in [0.1, 0.15) is 5.76 Å². The molecule has 5 fully saturated rings. The average Bonchev–Trinajstić information content (AvgIpc) is 2.56. The molecule has 4 heteroatoms. The number of hydrogen-bond acceptors (Lipinski definition) is 3. The van der Waals surface area contributed by atoms with Gasteiger partial charge in [-0.3, -0.25) is 4.79 Å². The molecule has 0 amide bonds. The molecule has 0 unspecified atom stereocenters. The molecule has 127 valence electrons. The summed E-state index contributed by atoms with van der Waals surface area (Å²) < 4.78 is 8.19. The van der Waals surface area contributed by atoms with Crippen LogP contribution >= 0.6 is 0 Å². The van der Waals surface area contributed by atoms with Crippen molar-refractivity contribution in [1.82, 2.24) is 0 Å². The molecule has 0 radical (unpaired) electrons. The fraction of sp³-hybridized carbons (Fsp3) is 0.842. The first-order valence-corrected chi connectivity index (χ1v) is 9.85. The summed E-state index contributed by atoms with van der Waals surface area (Å²) in [6.07, 6.45) is 14.9. The van der Waals surface area contributed by atoms with Crippen LogP contribution in [-0.4, -0.2) is 10.9 Å². The van der Waals surface area contributed by atoms with E-state index in [-0.39, 0.29) is 17.1 Å². The van der Waals surface area contributed by atoms with E-state index >= 15 is 0 Å². The molecule has 0 atom stereocenters. The van der Waals surface area contributed by atoms with Crippen LogP contribution in [-0.2, 0) is 25.8 Å². The zero-order chi connectivity index (χ0) is 16.4. The van der Waals surface area contributed by atoms with Crippen molar-refractivity contribution in [3.05, 3.63) is 11.8 Å². The van der Waals surface area contributed by atoms with E-state index < -0.39 is 0 Å². The number of ketones is 1. The minimum absolute atomic E-state index is 0.0148. The van der Waals surface area contributed by atoms with Crippen LogP contribution in [0.1, 0.15) is 70.6 Å². The van der Waals surface area contributed by atoms with Gasteiger partial charge in [-0.05, 0) is 69.1 Å². The summed E-state index contributed by atoms with van der Waals surface area (Å²) in [5, 5.41) is 10.8. The Balaban J connectivity index is 0.000000753. The Morgan fingerprint density at radius 3 is 1.87 bits per heavy atom. The second kappa shape index (κ2) is 7.23. The SMILES string of the molecule is O=C(/C=C(\O)C12CC3CC(CC(C3)C1)C2)C1CCCCC1.[O]=[V]. The number of aliphatic hydroxyl groups is 1. The molecule has 0 spiro atoms. The minimum atomic E-state index is -0.0148. The Bertz CT molecular complexity index is 444. The van der Waals surface area contributed by atoms with Gasteiger partial charge in [-0.1, -0.05) is 19.3 Å². The van der Waals surface area contributed by atoms with E-state index in [1.807, 2.05) is 0 Å². The molecule has 0 aromatic heterocycles. The van der Waals surface area contributed by atoms with Crippen molar-refractivity contribution in [3.63, 3.8) is 0 Å². The van der Waals surface area contributed by atoms with Crippen LogP contribution in [0.3, 0.4) is 0 Å². The molecule has 23 heavy (non-hydrogen) atoms. The molecule has 5 saturated carbocycles. The summed E-state index contributed by atoms with van der Waals surface area (Å²) >= 11 is 1.06. The van der Waals surface area contributed by atoms with Crippen LogP contribution in [0, 0.1) is 29.1 Å². The van der Waals surface area contributed by atoms with Gasteiger partial charge in [0.2, 0.25) is 0 Å². The standard InChI is InChI=1S/C19H28O2.O.V/c20-17(16-4-2-1-3-5-16)9-18(21)19-10-13-6-14(11-19)8-15(7-13)12-19;;/h9,13-16,21H,1-8,10-12H2;;/b18-9-;;. The van der Waals surface area contributed by atoms with Crippen molar-refractivity contribution in [3.8, 4) is 0 Å². The van der Waals surface area contributed by atoms with Crippen molar-refractivity contribution < 1.29 is 30.9 Å². The first kappa shape index (κ1) is 17.4. The molecule has 1 N–H and O–H groups in total. The van der Waals surface area contributed by atoms with Crippen molar-refractivity contribution >= 4 is 5.78 Å². The van der Waals surface area contributed by atoms with Crippen LogP contribution < -0.4 is 0 Å². The number of allylic oxidation sites excluding steroid dienone is 2. The van der Waals surface area contributed by atoms with E-state index in [1.54, 1.807) is 6.08 Å². The van der Waals surface area contributed by atoms with E-state index in [0.29, 0.717) is 5.76 Å². The molecule has 3 nitrogen and oxygen atoms in total. The van der Waals surface area contributed by atoms with Crippen molar-refractivity contribution in [1.29, 1.82) is 0 Å². The number of rotatable bonds is 3. The molecular formula is C19H28O3V. The third kappa shape index (κ3) is 3.51. The molecule has 5 rings (SSSR count). The van der Waals surface area contributed by atoms with Gasteiger partial charge < -0.3 is 5.11 Å². The number of carbonyl (C=O) groups excluding carboxylic acids is 1. The predicted molar refractivity (Wildman–Crippen MR) is 83.6 cm³/mol. The van der Waals surface area contributed by atoms with Gasteiger partial charge in [-0.15, -0.1) is 0 Å². The second-order valence-corrected chi connectivity index (χ2v) is 8.46. The summed E-state index contributed by atoms with van der Waals surface area (Å²) in [7, 11) is 0. The van der Waals surface area contributed by atoms with Gasteiger partial charge in [0.15, 0.2) is 5.78 Å². The summed E-state index contributed by atoms with van der Waals surface area (Å²) in [6.45, 7) is 0. The van der Waals surface area contributed by atoms with E-state index in [2.05, 4.69) is 0 Å². The van der Waals surface area contributed by atoms with E-state index in [1.165, 1.54) is 38.5 Å². The maximum atomic E-state index is 12.5. The molecule has 0 heterocycles. The molecule has 4 bridgehead atoms. The Kier molecular flexibility index (Phi) is 5.47. The van der Waals surface area contributed by atoms with Crippen molar-refractivity contribution in [2.75, 3.05) is 0 Å². The third-order valence-corrected chi connectivity index (χ3v) is 6.87. The molecule has 5 aliphatic carbocycles. The van der Waals surface area contributed by atoms with Crippen LogP contribution in [0.4, 0.5) is 0 Å². The van der Waals surface area contributed by atoms with Gasteiger partial charge in [0.05, 0.1) is 0 Å². The fourth-order valence-corrected chi connectivity index (χ4v) is 6.22. The van der Waals surface area contributed by atoms with Gasteiger partial charge in [0.25, 0.3) is 0 Å². The Labute approximate surface area is 148 Å². The monoisotopic (exact) mass is 355 g/mol. The Morgan fingerprint density at radius 2 is 1.39 bits per heavy atom. The third-order valence-electron chi connectivity index (χ3n) is 6.87. The fourth-order valence-electron chi connectivity index (χ4n) is 6.22. The topological polar surface area (TPSA) is 54.4 Å². The van der Waals surface area contributed by atoms with Gasteiger partial charge >= 0.3 is 21.0 Å².